The summed E-state index contributed by atoms with van der Waals surface area (Å²) in [6.07, 6.45) is 4.58. The maximum atomic E-state index is 10.4. The van der Waals surface area contributed by atoms with E-state index in [9.17, 15) is 15.8 Å². The van der Waals surface area contributed by atoms with Crippen LogP contribution in [0, 0.1) is 39.9 Å². The number of nitrogens with zero attached hydrogens (tertiary/aromatic N) is 5. The van der Waals surface area contributed by atoms with Crippen molar-refractivity contribution in [3.8, 4) is 51.8 Å². The van der Waals surface area contributed by atoms with Crippen LogP contribution in [0.4, 0.5) is 0 Å². The van der Waals surface area contributed by atoms with E-state index < -0.39 is 0 Å². The summed E-state index contributed by atoms with van der Waals surface area (Å²) in [7, 11) is 0. The molecule has 0 saturated heterocycles. The minimum atomic E-state index is -0.230. The van der Waals surface area contributed by atoms with Gasteiger partial charge < -0.3 is 9.13 Å². The molecule has 0 N–H and O–H groups in total. The van der Waals surface area contributed by atoms with E-state index in [1.165, 1.54) is 10.8 Å². The van der Waals surface area contributed by atoms with Crippen LogP contribution >= 0.6 is 0 Å². The zero-order valence-electron chi connectivity index (χ0n) is 26.9. The Morgan fingerprint density at radius 2 is 1.26 bits per heavy atom. The molecule has 1 aliphatic rings. The molecule has 9 rings (SSSR count). The largest absolute Gasteiger partial charge is 0.309 e. The first kappa shape index (κ1) is 29.0. The van der Waals surface area contributed by atoms with Crippen LogP contribution < -0.4 is 0 Å². The van der Waals surface area contributed by atoms with E-state index in [-0.39, 0.29) is 5.92 Å². The number of fused-ring (bicyclic) bond motifs is 6. The number of nitriles is 3. The van der Waals surface area contributed by atoms with Gasteiger partial charge in [0.1, 0.15) is 0 Å². The Labute approximate surface area is 289 Å². The first-order chi connectivity index (χ1) is 24.7. The average Bonchev–Trinajstić information content (AvgIpc) is 3.69. The Morgan fingerprint density at radius 3 is 1.98 bits per heavy atom. The summed E-state index contributed by atoms with van der Waals surface area (Å²) >= 11 is 0. The quantitative estimate of drug-likeness (QED) is 0.193. The molecular weight excluding hydrogens is 611 g/mol. The van der Waals surface area contributed by atoms with Crippen LogP contribution in [0.3, 0.4) is 0 Å². The Bertz CT molecular complexity index is 2770. The van der Waals surface area contributed by atoms with Crippen molar-refractivity contribution in [1.82, 2.24) is 9.13 Å². The molecule has 0 saturated carbocycles. The fourth-order valence-electron chi connectivity index (χ4n) is 7.73. The molecule has 6 aromatic carbocycles. The van der Waals surface area contributed by atoms with Crippen LogP contribution in [0.25, 0.3) is 72.4 Å². The van der Waals surface area contributed by atoms with Crippen molar-refractivity contribution in [3.63, 3.8) is 0 Å². The van der Waals surface area contributed by atoms with Gasteiger partial charge in [0.2, 0.25) is 0 Å². The molecule has 50 heavy (non-hydrogen) atoms. The van der Waals surface area contributed by atoms with Gasteiger partial charge in [0.05, 0.1) is 57.5 Å². The summed E-state index contributed by atoms with van der Waals surface area (Å²) in [4.78, 5) is 0. The highest BCUT2D eigenvalue weighted by molar-refractivity contribution is 6.09. The molecule has 0 fully saturated rings. The van der Waals surface area contributed by atoms with Gasteiger partial charge in [-0.25, -0.2) is 0 Å². The smallest absolute Gasteiger partial charge is 0.0998 e. The lowest BCUT2D eigenvalue weighted by Gasteiger charge is -2.19. The molecule has 8 aromatic rings. The highest BCUT2D eigenvalue weighted by Gasteiger charge is 2.25. The summed E-state index contributed by atoms with van der Waals surface area (Å²) in [6, 6.07) is 52.6. The van der Waals surface area contributed by atoms with Crippen LogP contribution in [0.5, 0.6) is 0 Å². The Hall–Kier alpha value is -7.13. The van der Waals surface area contributed by atoms with Gasteiger partial charge in [-0.15, -0.1) is 0 Å². The third-order valence-corrected chi connectivity index (χ3v) is 9.93. The van der Waals surface area contributed by atoms with E-state index in [4.69, 9.17) is 0 Å². The lowest BCUT2D eigenvalue weighted by atomic mass is 9.89. The first-order valence-corrected chi connectivity index (χ1v) is 16.6. The van der Waals surface area contributed by atoms with E-state index in [1.807, 2.05) is 54.6 Å². The van der Waals surface area contributed by atoms with Gasteiger partial charge in [0, 0.05) is 38.7 Å². The number of para-hydroxylation sites is 3. The van der Waals surface area contributed by atoms with E-state index in [0.717, 1.165) is 66.8 Å². The Morgan fingerprint density at radius 1 is 0.580 bits per heavy atom. The van der Waals surface area contributed by atoms with Crippen LogP contribution in [0.15, 0.2) is 140 Å². The SMILES string of the molecule is N#Cc1ccc2c(c1)c1c(n2-c2ccccc2-c2cccc(C#N)c2-c2ccc(-n3c4ccccc4c4ccccc43)cc2)C=CC(C#N)C1. The lowest BCUT2D eigenvalue weighted by molar-refractivity contribution is 0.809. The number of allylic oxidation sites excluding steroid dienone is 1. The van der Waals surface area contributed by atoms with Crippen molar-refractivity contribution < 1.29 is 0 Å². The van der Waals surface area contributed by atoms with E-state index in [0.29, 0.717) is 17.5 Å². The van der Waals surface area contributed by atoms with Gasteiger partial charge in [-0.1, -0.05) is 84.9 Å². The maximum absolute atomic E-state index is 10.4. The second-order valence-electron chi connectivity index (χ2n) is 12.6. The molecule has 1 aliphatic carbocycles. The molecule has 0 amide bonds. The molecule has 0 bridgehead atoms. The minimum absolute atomic E-state index is 0.230. The van der Waals surface area contributed by atoms with Gasteiger partial charge in [-0.2, -0.15) is 15.8 Å². The third-order valence-electron chi connectivity index (χ3n) is 9.93. The zero-order valence-corrected chi connectivity index (χ0v) is 26.9. The van der Waals surface area contributed by atoms with Gasteiger partial charge >= 0.3 is 0 Å². The van der Waals surface area contributed by atoms with Gasteiger partial charge in [0.15, 0.2) is 0 Å². The second-order valence-corrected chi connectivity index (χ2v) is 12.6. The molecule has 2 heterocycles. The van der Waals surface area contributed by atoms with E-state index in [2.05, 4.69) is 118 Å². The topological polar surface area (TPSA) is 81.2 Å². The number of benzene rings is 6. The van der Waals surface area contributed by atoms with Crippen molar-refractivity contribution in [3.05, 3.63) is 162 Å². The molecule has 5 heteroatoms. The fraction of sp³-hybridized carbons (Fsp3) is 0.0444. The monoisotopic (exact) mass is 637 g/mol. The van der Waals surface area contributed by atoms with E-state index in [1.54, 1.807) is 0 Å². The molecule has 0 spiro atoms. The molecular formula is C45H27N5. The van der Waals surface area contributed by atoms with Crippen LogP contribution in [0.1, 0.15) is 22.4 Å². The van der Waals surface area contributed by atoms with Crippen LogP contribution in [-0.2, 0) is 6.42 Å². The Kier molecular flexibility index (Phi) is 6.70. The standard InChI is InChI=1S/C45H27N5/c46-26-29-16-22-43-38(24-29)39-25-30(27-47)17-23-44(39)50(43)42-15-6-3-11-36(42)37-12-7-8-32(28-48)45(37)31-18-20-33(21-19-31)49-40-13-4-1-9-34(40)35-10-2-5-14-41(35)49/h1-24,30H,25H2. The van der Waals surface area contributed by atoms with Gasteiger partial charge in [-0.3, -0.25) is 0 Å². The van der Waals surface area contributed by atoms with Crippen molar-refractivity contribution in [2.45, 2.75) is 6.42 Å². The number of hydrogen-bond acceptors (Lipinski definition) is 3. The molecule has 0 radical (unpaired) electrons. The summed E-state index contributed by atoms with van der Waals surface area (Å²) in [5.41, 5.74) is 12.3. The van der Waals surface area contributed by atoms with Gasteiger partial charge in [0.25, 0.3) is 0 Å². The predicted molar refractivity (Wildman–Crippen MR) is 200 cm³/mol. The Balaban J connectivity index is 1.23. The molecule has 2 aromatic heterocycles. The minimum Gasteiger partial charge on any atom is -0.309 e. The maximum Gasteiger partial charge on any atom is 0.0998 e. The third kappa shape index (κ3) is 4.37. The highest BCUT2D eigenvalue weighted by Crippen LogP contribution is 2.42. The van der Waals surface area contributed by atoms with Crippen molar-refractivity contribution in [2.24, 2.45) is 5.92 Å². The predicted octanol–water partition coefficient (Wildman–Crippen LogP) is 10.5. The number of rotatable bonds is 4. The summed E-state index contributed by atoms with van der Waals surface area (Å²) in [5, 5.41) is 33.3. The molecule has 1 atom stereocenters. The van der Waals surface area contributed by atoms with Crippen molar-refractivity contribution >= 4 is 38.8 Å². The number of hydrogen-bond donors (Lipinski definition) is 0. The lowest BCUT2D eigenvalue weighted by Crippen LogP contribution is -2.07. The normalized spacial score (nSPS) is 13.6. The van der Waals surface area contributed by atoms with Gasteiger partial charge in [-0.05, 0) is 83.8 Å². The van der Waals surface area contributed by atoms with Crippen molar-refractivity contribution in [2.75, 3.05) is 0 Å². The van der Waals surface area contributed by atoms with Crippen LogP contribution in [-0.4, -0.2) is 9.13 Å². The highest BCUT2D eigenvalue weighted by atomic mass is 15.0. The average molecular weight is 638 g/mol. The van der Waals surface area contributed by atoms with E-state index >= 15 is 0 Å². The summed E-state index contributed by atoms with van der Waals surface area (Å²) < 4.78 is 4.53. The van der Waals surface area contributed by atoms with Crippen LogP contribution in [0.2, 0.25) is 0 Å². The number of aromatic nitrogens is 2. The zero-order chi connectivity index (χ0) is 33.8. The van der Waals surface area contributed by atoms with Crippen molar-refractivity contribution in [1.29, 1.82) is 15.8 Å². The summed E-state index contributed by atoms with van der Waals surface area (Å²) in [5.74, 6) is -0.230. The first-order valence-electron chi connectivity index (χ1n) is 16.6. The second kappa shape index (κ2) is 11.5. The molecule has 0 aliphatic heterocycles. The molecule has 232 valence electrons. The fourth-order valence-corrected chi connectivity index (χ4v) is 7.73. The molecule has 5 nitrogen and oxygen atoms in total. The molecule has 1 unspecified atom stereocenters. The summed E-state index contributed by atoms with van der Waals surface area (Å²) in [6.45, 7) is 0.